The van der Waals surface area contributed by atoms with Crippen LogP contribution in [-0.4, -0.2) is 47.6 Å². The lowest BCUT2D eigenvalue weighted by atomic mass is 10.5. The predicted molar refractivity (Wildman–Crippen MR) is 73.0 cm³/mol. The van der Waals surface area contributed by atoms with Gasteiger partial charge in [0.2, 0.25) is 15.9 Å². The number of nitrogens with one attached hydrogen (secondary N) is 2. The molecule has 2 heterocycles. The van der Waals surface area contributed by atoms with Gasteiger partial charge >= 0.3 is 0 Å². The fourth-order valence-electron chi connectivity index (χ4n) is 1.66. The topological polar surface area (TPSA) is 121 Å². The second-order valence-corrected chi connectivity index (χ2v) is 6.50. The molecule has 0 saturated heterocycles. The standard InChI is InChI=1S/C11H15N5O4S/c1-7-4-10(15-20-7)13-11(17)6-16(3)21(18,19)9-5-12-14-8(9)2/h4-5H,6H2,1-3H3,(H,12,14)(H,13,15,17). The third kappa shape index (κ3) is 3.28. The molecule has 0 aliphatic heterocycles. The van der Waals surface area contributed by atoms with Crippen LogP contribution in [-0.2, 0) is 14.8 Å². The maximum Gasteiger partial charge on any atom is 0.246 e. The Kier molecular flexibility index (Phi) is 4.09. The number of aromatic nitrogens is 3. The first-order valence-corrected chi connectivity index (χ1v) is 7.44. The van der Waals surface area contributed by atoms with Gasteiger partial charge in [-0.05, 0) is 13.8 Å². The molecule has 0 bridgehead atoms. The van der Waals surface area contributed by atoms with Gasteiger partial charge in [0, 0.05) is 13.1 Å². The van der Waals surface area contributed by atoms with Crippen molar-refractivity contribution in [1.29, 1.82) is 0 Å². The van der Waals surface area contributed by atoms with E-state index in [4.69, 9.17) is 4.52 Å². The Morgan fingerprint density at radius 2 is 2.19 bits per heavy atom. The monoisotopic (exact) mass is 313 g/mol. The smallest absolute Gasteiger partial charge is 0.246 e. The van der Waals surface area contributed by atoms with E-state index in [1.807, 2.05) is 0 Å². The molecule has 0 spiro atoms. The number of sulfonamides is 1. The van der Waals surface area contributed by atoms with Gasteiger partial charge in [-0.2, -0.15) is 9.40 Å². The van der Waals surface area contributed by atoms with E-state index in [1.54, 1.807) is 13.8 Å². The minimum Gasteiger partial charge on any atom is -0.360 e. The highest BCUT2D eigenvalue weighted by Crippen LogP contribution is 2.16. The minimum absolute atomic E-state index is 0.0371. The molecule has 2 aromatic rings. The number of aromatic amines is 1. The maximum atomic E-state index is 12.3. The van der Waals surface area contributed by atoms with Gasteiger partial charge in [-0.1, -0.05) is 5.16 Å². The zero-order valence-electron chi connectivity index (χ0n) is 11.7. The Balaban J connectivity index is 2.05. The number of rotatable bonds is 5. The highest BCUT2D eigenvalue weighted by atomic mass is 32.2. The summed E-state index contributed by atoms with van der Waals surface area (Å²) >= 11 is 0. The summed E-state index contributed by atoms with van der Waals surface area (Å²) in [5.41, 5.74) is 0.411. The van der Waals surface area contributed by atoms with Gasteiger partial charge in [0.15, 0.2) is 5.82 Å². The normalized spacial score (nSPS) is 11.8. The number of carbonyl (C=O) groups excluding carboxylic acids is 1. The number of hydrogen-bond acceptors (Lipinski definition) is 6. The van der Waals surface area contributed by atoms with Crippen molar-refractivity contribution in [1.82, 2.24) is 19.7 Å². The Morgan fingerprint density at radius 3 is 2.71 bits per heavy atom. The van der Waals surface area contributed by atoms with Crippen LogP contribution in [0.3, 0.4) is 0 Å². The molecule has 0 aromatic carbocycles. The molecular formula is C11H15N5O4S. The van der Waals surface area contributed by atoms with Crippen molar-refractivity contribution in [2.45, 2.75) is 18.7 Å². The number of H-pyrrole nitrogens is 1. The summed E-state index contributed by atoms with van der Waals surface area (Å²) in [6, 6.07) is 1.53. The van der Waals surface area contributed by atoms with Gasteiger partial charge in [-0.25, -0.2) is 8.42 Å². The first-order chi connectivity index (χ1) is 9.80. The van der Waals surface area contributed by atoms with Crippen molar-refractivity contribution in [3.8, 4) is 0 Å². The van der Waals surface area contributed by atoms with Crippen LogP contribution in [0.15, 0.2) is 21.7 Å². The first kappa shape index (κ1) is 15.2. The number of amides is 1. The van der Waals surface area contributed by atoms with Gasteiger partial charge < -0.3 is 9.84 Å². The van der Waals surface area contributed by atoms with Gasteiger partial charge in [-0.15, -0.1) is 0 Å². The van der Waals surface area contributed by atoms with Crippen LogP contribution in [0.4, 0.5) is 5.82 Å². The molecule has 0 saturated carbocycles. The number of aryl methyl sites for hydroxylation is 2. The Hall–Kier alpha value is -2.20. The highest BCUT2D eigenvalue weighted by molar-refractivity contribution is 7.89. The molecule has 0 atom stereocenters. The molecule has 1 amide bonds. The summed E-state index contributed by atoms with van der Waals surface area (Å²) in [5.74, 6) is 0.263. The summed E-state index contributed by atoms with van der Waals surface area (Å²) in [6.45, 7) is 2.92. The molecule has 0 unspecified atom stereocenters. The largest absolute Gasteiger partial charge is 0.360 e. The van der Waals surface area contributed by atoms with Crippen LogP contribution < -0.4 is 5.32 Å². The summed E-state index contributed by atoms with van der Waals surface area (Å²) < 4.78 is 30.3. The SMILES string of the molecule is Cc1cc(NC(=O)CN(C)S(=O)(=O)c2cn[nH]c2C)no1. The van der Waals surface area contributed by atoms with Crippen LogP contribution in [0.2, 0.25) is 0 Å². The summed E-state index contributed by atoms with van der Waals surface area (Å²) in [5, 5.41) is 12.3. The van der Waals surface area contributed by atoms with Crippen LogP contribution in [0.5, 0.6) is 0 Å². The van der Waals surface area contributed by atoms with Crippen molar-refractivity contribution in [2.75, 3.05) is 18.9 Å². The van der Waals surface area contributed by atoms with Gasteiger partial charge in [0.25, 0.3) is 0 Å². The molecule has 2 aromatic heterocycles. The molecule has 0 aliphatic rings. The average Bonchev–Trinajstić information content (AvgIpc) is 2.98. The minimum atomic E-state index is -3.77. The van der Waals surface area contributed by atoms with Crippen LogP contribution >= 0.6 is 0 Å². The molecule has 2 rings (SSSR count). The fraction of sp³-hybridized carbons (Fsp3) is 0.364. The van der Waals surface area contributed by atoms with E-state index in [-0.39, 0.29) is 17.3 Å². The summed E-state index contributed by atoms with van der Waals surface area (Å²) in [4.78, 5) is 11.8. The van der Waals surface area contributed by atoms with Gasteiger partial charge in [-0.3, -0.25) is 9.89 Å². The number of likely N-dealkylation sites (N-methyl/N-ethyl adjacent to an activating group) is 1. The summed E-state index contributed by atoms with van der Waals surface area (Å²) in [6.07, 6.45) is 1.21. The van der Waals surface area contributed by atoms with Gasteiger partial charge in [0.05, 0.1) is 18.4 Å². The summed E-state index contributed by atoms with van der Waals surface area (Å²) in [7, 11) is -2.46. The second kappa shape index (κ2) is 5.66. The van der Waals surface area contributed by atoms with E-state index in [0.29, 0.717) is 11.5 Å². The van der Waals surface area contributed by atoms with E-state index in [9.17, 15) is 13.2 Å². The van der Waals surface area contributed by atoms with Crippen molar-refractivity contribution < 1.29 is 17.7 Å². The lowest BCUT2D eigenvalue weighted by Crippen LogP contribution is -2.35. The lowest BCUT2D eigenvalue weighted by Gasteiger charge is -2.15. The van der Waals surface area contributed by atoms with Gasteiger partial charge in [0.1, 0.15) is 10.7 Å². The molecule has 0 radical (unpaired) electrons. The van der Waals surface area contributed by atoms with Crippen LogP contribution in [0, 0.1) is 13.8 Å². The van der Waals surface area contributed by atoms with E-state index in [0.717, 1.165) is 4.31 Å². The molecular weight excluding hydrogens is 298 g/mol. The highest BCUT2D eigenvalue weighted by Gasteiger charge is 2.26. The van der Waals surface area contributed by atoms with E-state index < -0.39 is 15.9 Å². The van der Waals surface area contributed by atoms with Crippen molar-refractivity contribution in [3.05, 3.63) is 23.7 Å². The first-order valence-electron chi connectivity index (χ1n) is 6.00. The van der Waals surface area contributed by atoms with E-state index >= 15 is 0 Å². The van der Waals surface area contributed by atoms with Crippen molar-refractivity contribution >= 4 is 21.7 Å². The van der Waals surface area contributed by atoms with E-state index in [1.165, 1.54) is 19.3 Å². The zero-order valence-corrected chi connectivity index (χ0v) is 12.6. The molecule has 9 nitrogen and oxygen atoms in total. The fourth-order valence-corrected chi connectivity index (χ4v) is 2.90. The second-order valence-electron chi connectivity index (χ2n) is 4.49. The Morgan fingerprint density at radius 1 is 1.48 bits per heavy atom. The molecule has 10 heteroatoms. The molecule has 0 aliphatic carbocycles. The molecule has 21 heavy (non-hydrogen) atoms. The molecule has 2 N–H and O–H groups in total. The van der Waals surface area contributed by atoms with E-state index in [2.05, 4.69) is 20.7 Å². The van der Waals surface area contributed by atoms with Crippen molar-refractivity contribution in [3.63, 3.8) is 0 Å². The zero-order chi connectivity index (χ0) is 15.6. The quantitative estimate of drug-likeness (QED) is 0.817. The third-order valence-corrected chi connectivity index (χ3v) is 4.65. The van der Waals surface area contributed by atoms with Crippen LogP contribution in [0.25, 0.3) is 0 Å². The van der Waals surface area contributed by atoms with Crippen molar-refractivity contribution in [2.24, 2.45) is 0 Å². The Bertz CT molecular complexity index is 748. The Labute approximate surface area is 121 Å². The molecule has 0 fully saturated rings. The number of nitrogens with zero attached hydrogens (tertiary/aromatic N) is 3. The van der Waals surface area contributed by atoms with Crippen LogP contribution in [0.1, 0.15) is 11.5 Å². The predicted octanol–water partition coefficient (Wildman–Crippen LogP) is 0.274. The number of hydrogen-bond donors (Lipinski definition) is 2. The number of carbonyl (C=O) groups is 1. The maximum absolute atomic E-state index is 12.3. The number of anilines is 1. The third-order valence-electron chi connectivity index (χ3n) is 2.73. The molecule has 114 valence electrons. The average molecular weight is 313 g/mol. The lowest BCUT2D eigenvalue weighted by molar-refractivity contribution is -0.116.